The van der Waals surface area contributed by atoms with Gasteiger partial charge in [0.25, 0.3) is 23.6 Å². The predicted octanol–water partition coefficient (Wildman–Crippen LogP) is 5.70. The first-order valence-electron chi connectivity index (χ1n) is 11.2. The Balaban J connectivity index is 0.000000490. The molecule has 6 heteroatoms. The van der Waals surface area contributed by atoms with Gasteiger partial charge >= 0.3 is 0 Å². The molecule has 0 saturated carbocycles. The zero-order valence-electron chi connectivity index (χ0n) is 20.3. The van der Waals surface area contributed by atoms with Crippen molar-refractivity contribution >= 4 is 35.0 Å². The summed E-state index contributed by atoms with van der Waals surface area (Å²) in [5, 5.41) is 0. The number of anilines is 2. The Labute approximate surface area is 197 Å². The monoisotopic (exact) mass is 450 g/mol. The van der Waals surface area contributed by atoms with Crippen molar-refractivity contribution < 1.29 is 19.2 Å². The van der Waals surface area contributed by atoms with E-state index in [0.29, 0.717) is 11.4 Å². The summed E-state index contributed by atoms with van der Waals surface area (Å²) in [6.07, 6.45) is 6.34. The third-order valence-corrected chi connectivity index (χ3v) is 3.65. The number of rotatable bonds is 2. The SMILES string of the molecule is CC.CC.CCC.O=C1C=CC(=O)N1c1ccccc1.O=C1C=CC(=O)N1c1ccccc1. The maximum atomic E-state index is 11.2. The molecular weight excluding hydrogens is 416 g/mol. The van der Waals surface area contributed by atoms with Crippen LogP contribution in [0.5, 0.6) is 0 Å². The van der Waals surface area contributed by atoms with Gasteiger partial charge in [0.1, 0.15) is 0 Å². The molecule has 0 N–H and O–H groups in total. The maximum Gasteiger partial charge on any atom is 0.258 e. The van der Waals surface area contributed by atoms with Crippen LogP contribution in [-0.2, 0) is 19.2 Å². The van der Waals surface area contributed by atoms with E-state index >= 15 is 0 Å². The minimum absolute atomic E-state index is 0.281. The van der Waals surface area contributed by atoms with Gasteiger partial charge in [-0.05, 0) is 24.3 Å². The van der Waals surface area contributed by atoms with Crippen molar-refractivity contribution in [2.75, 3.05) is 9.80 Å². The number of benzene rings is 2. The van der Waals surface area contributed by atoms with Gasteiger partial charge in [0.05, 0.1) is 11.4 Å². The first-order chi connectivity index (χ1) is 16.0. The summed E-state index contributed by atoms with van der Waals surface area (Å²) >= 11 is 0. The van der Waals surface area contributed by atoms with Crippen LogP contribution in [-0.4, -0.2) is 23.6 Å². The van der Waals surface area contributed by atoms with Crippen LogP contribution in [0.25, 0.3) is 0 Å². The van der Waals surface area contributed by atoms with Crippen LogP contribution in [0.4, 0.5) is 11.4 Å². The number of amides is 4. The van der Waals surface area contributed by atoms with Gasteiger partial charge in [-0.2, -0.15) is 0 Å². The molecule has 0 bridgehead atoms. The Kier molecular flexibility index (Phi) is 14.9. The zero-order chi connectivity index (χ0) is 25.2. The van der Waals surface area contributed by atoms with Crippen molar-refractivity contribution in [3.8, 4) is 0 Å². The topological polar surface area (TPSA) is 74.8 Å². The van der Waals surface area contributed by atoms with Gasteiger partial charge in [-0.15, -0.1) is 0 Å². The van der Waals surface area contributed by atoms with E-state index in [1.807, 2.05) is 39.8 Å². The number of imide groups is 2. The number of carbonyl (C=O) groups excluding carboxylic acids is 4. The fourth-order valence-electron chi connectivity index (χ4n) is 2.46. The standard InChI is InChI=1S/2C10H7NO2.C3H8.2C2H6/c2*12-9-6-7-10(13)11(9)8-4-2-1-3-5-8;1-3-2;2*1-2/h2*1-7H;3H2,1-2H3;2*1-2H3. The minimum Gasteiger partial charge on any atom is -0.269 e. The molecule has 4 rings (SSSR count). The Morgan fingerprint density at radius 2 is 0.697 bits per heavy atom. The van der Waals surface area contributed by atoms with Crippen molar-refractivity contribution in [3.05, 3.63) is 85.0 Å². The summed E-state index contributed by atoms with van der Waals surface area (Å²) < 4.78 is 0. The van der Waals surface area contributed by atoms with Gasteiger partial charge in [0, 0.05) is 24.3 Å². The number of para-hydroxylation sites is 2. The summed E-state index contributed by atoms with van der Waals surface area (Å²) in [7, 11) is 0. The summed E-state index contributed by atoms with van der Waals surface area (Å²) in [6, 6.07) is 17.7. The van der Waals surface area contributed by atoms with E-state index in [-0.39, 0.29) is 23.6 Å². The highest BCUT2D eigenvalue weighted by Gasteiger charge is 2.25. The smallest absolute Gasteiger partial charge is 0.258 e. The molecule has 33 heavy (non-hydrogen) atoms. The molecule has 0 aromatic heterocycles. The van der Waals surface area contributed by atoms with E-state index in [4.69, 9.17) is 0 Å². The van der Waals surface area contributed by atoms with Crippen LogP contribution in [0.2, 0.25) is 0 Å². The van der Waals surface area contributed by atoms with Crippen molar-refractivity contribution in [1.82, 2.24) is 0 Å². The molecule has 0 saturated heterocycles. The van der Waals surface area contributed by atoms with Crippen LogP contribution in [0.1, 0.15) is 48.0 Å². The largest absolute Gasteiger partial charge is 0.269 e. The molecule has 0 radical (unpaired) electrons. The fraction of sp³-hybridized carbons (Fsp3) is 0.259. The highest BCUT2D eigenvalue weighted by Crippen LogP contribution is 2.18. The number of carbonyl (C=O) groups is 4. The molecule has 2 aromatic carbocycles. The molecule has 2 heterocycles. The van der Waals surface area contributed by atoms with Crippen LogP contribution in [0.15, 0.2) is 85.0 Å². The van der Waals surface area contributed by atoms with Crippen molar-refractivity contribution in [2.45, 2.75) is 48.0 Å². The average Bonchev–Trinajstić information content (AvgIpc) is 3.38. The van der Waals surface area contributed by atoms with Gasteiger partial charge in [0.2, 0.25) is 0 Å². The normalized spacial score (nSPS) is 13.2. The Hall–Kier alpha value is -3.80. The lowest BCUT2D eigenvalue weighted by Gasteiger charge is -2.12. The Morgan fingerprint density at radius 1 is 0.485 bits per heavy atom. The molecule has 4 amide bonds. The van der Waals surface area contributed by atoms with Crippen molar-refractivity contribution in [1.29, 1.82) is 0 Å². The third-order valence-electron chi connectivity index (χ3n) is 3.65. The number of nitrogens with zero attached hydrogens (tertiary/aromatic N) is 2. The van der Waals surface area contributed by atoms with E-state index in [0.717, 1.165) is 9.80 Å². The van der Waals surface area contributed by atoms with Crippen LogP contribution in [0.3, 0.4) is 0 Å². The molecule has 6 nitrogen and oxygen atoms in total. The molecule has 0 spiro atoms. The van der Waals surface area contributed by atoms with E-state index in [9.17, 15) is 19.2 Å². The predicted molar refractivity (Wildman–Crippen MR) is 135 cm³/mol. The van der Waals surface area contributed by atoms with Gasteiger partial charge in [-0.3, -0.25) is 19.2 Å². The molecular formula is C27H34N2O4. The van der Waals surface area contributed by atoms with Gasteiger partial charge < -0.3 is 0 Å². The van der Waals surface area contributed by atoms with Gasteiger partial charge in [-0.25, -0.2) is 9.80 Å². The number of hydrogen-bond donors (Lipinski definition) is 0. The molecule has 0 unspecified atom stereocenters. The van der Waals surface area contributed by atoms with Gasteiger partial charge in [0.15, 0.2) is 0 Å². The van der Waals surface area contributed by atoms with Crippen LogP contribution < -0.4 is 9.80 Å². The maximum absolute atomic E-state index is 11.2. The van der Waals surface area contributed by atoms with E-state index in [1.165, 1.54) is 30.7 Å². The highest BCUT2D eigenvalue weighted by atomic mass is 16.2. The minimum atomic E-state index is -0.281. The number of hydrogen-bond acceptors (Lipinski definition) is 4. The second kappa shape index (κ2) is 16.8. The average molecular weight is 451 g/mol. The lowest BCUT2D eigenvalue weighted by molar-refractivity contribution is -0.121. The molecule has 2 aromatic rings. The van der Waals surface area contributed by atoms with Crippen molar-refractivity contribution in [2.24, 2.45) is 0 Å². The van der Waals surface area contributed by atoms with Crippen LogP contribution in [0, 0.1) is 0 Å². The molecule has 2 aliphatic rings. The zero-order valence-corrected chi connectivity index (χ0v) is 20.3. The van der Waals surface area contributed by atoms with E-state index in [2.05, 4.69) is 13.8 Å². The van der Waals surface area contributed by atoms with E-state index < -0.39 is 0 Å². The lowest BCUT2D eigenvalue weighted by atomic mass is 10.3. The second-order valence-electron chi connectivity index (χ2n) is 6.07. The third kappa shape index (κ3) is 9.07. The van der Waals surface area contributed by atoms with Gasteiger partial charge in [-0.1, -0.05) is 84.4 Å². The second-order valence-corrected chi connectivity index (χ2v) is 6.07. The molecule has 2 aliphatic heterocycles. The summed E-state index contributed by atoms with van der Waals surface area (Å²) in [4.78, 5) is 47.1. The molecule has 0 fully saturated rings. The summed E-state index contributed by atoms with van der Waals surface area (Å²) in [6.45, 7) is 12.2. The Morgan fingerprint density at radius 3 is 0.909 bits per heavy atom. The Bertz CT molecular complexity index is 822. The van der Waals surface area contributed by atoms with E-state index in [1.54, 1.807) is 48.5 Å². The fourth-order valence-corrected chi connectivity index (χ4v) is 2.46. The molecule has 0 aliphatic carbocycles. The summed E-state index contributed by atoms with van der Waals surface area (Å²) in [5.74, 6) is -1.13. The van der Waals surface area contributed by atoms with Crippen molar-refractivity contribution in [3.63, 3.8) is 0 Å². The lowest BCUT2D eigenvalue weighted by Crippen LogP contribution is -2.29. The summed E-state index contributed by atoms with van der Waals surface area (Å²) in [5.41, 5.74) is 1.23. The molecule has 0 atom stereocenters. The first kappa shape index (κ1) is 29.2. The van der Waals surface area contributed by atoms with Crippen LogP contribution >= 0.6 is 0 Å². The first-order valence-corrected chi connectivity index (χ1v) is 11.2. The quantitative estimate of drug-likeness (QED) is 0.550. The highest BCUT2D eigenvalue weighted by molar-refractivity contribution is 6.28. The molecule has 176 valence electrons.